The maximum Gasteiger partial charge on any atom is 0.323 e. The third kappa shape index (κ3) is 6.62. The van der Waals surface area contributed by atoms with E-state index < -0.39 is 0 Å². The summed E-state index contributed by atoms with van der Waals surface area (Å²) in [6.07, 6.45) is 0.707. The summed E-state index contributed by atoms with van der Waals surface area (Å²) >= 11 is 3.18. The molecule has 21 heavy (non-hydrogen) atoms. The van der Waals surface area contributed by atoms with Gasteiger partial charge < -0.3 is 15.0 Å². The van der Waals surface area contributed by atoms with Crippen LogP contribution in [0.1, 0.15) is 27.2 Å². The fourth-order valence-corrected chi connectivity index (χ4v) is 3.46. The standard InChI is InChI=1S/C13H24N4O2S2/c1-6-19-11(18)10(14-9(2)3)7-8-20-13-16-15-12(21-13)17(4)5/h9-10,14H,6-8H2,1-5H3. The van der Waals surface area contributed by atoms with Crippen molar-refractivity contribution >= 4 is 34.2 Å². The van der Waals surface area contributed by atoms with Gasteiger partial charge in [-0.1, -0.05) is 36.9 Å². The molecule has 1 heterocycles. The van der Waals surface area contributed by atoms with Crippen molar-refractivity contribution in [2.75, 3.05) is 31.4 Å². The number of hydrogen-bond acceptors (Lipinski definition) is 8. The number of hydrogen-bond donors (Lipinski definition) is 1. The zero-order valence-corrected chi connectivity index (χ0v) is 14.9. The molecule has 0 fully saturated rings. The number of anilines is 1. The van der Waals surface area contributed by atoms with Crippen molar-refractivity contribution in [1.82, 2.24) is 15.5 Å². The quantitative estimate of drug-likeness (QED) is 0.548. The van der Waals surface area contributed by atoms with E-state index >= 15 is 0 Å². The van der Waals surface area contributed by atoms with Crippen LogP contribution in [0.25, 0.3) is 0 Å². The molecule has 8 heteroatoms. The van der Waals surface area contributed by atoms with Crippen molar-refractivity contribution in [1.29, 1.82) is 0 Å². The van der Waals surface area contributed by atoms with E-state index in [0.29, 0.717) is 13.0 Å². The van der Waals surface area contributed by atoms with E-state index in [1.54, 1.807) is 23.1 Å². The molecule has 0 aliphatic carbocycles. The number of esters is 1. The van der Waals surface area contributed by atoms with E-state index in [1.807, 2.05) is 39.8 Å². The molecule has 0 radical (unpaired) electrons. The molecular formula is C13H24N4O2S2. The van der Waals surface area contributed by atoms with Gasteiger partial charge in [0, 0.05) is 25.9 Å². The van der Waals surface area contributed by atoms with E-state index in [9.17, 15) is 4.79 Å². The number of nitrogens with one attached hydrogen (secondary N) is 1. The minimum absolute atomic E-state index is 0.182. The molecule has 0 saturated heterocycles. The molecule has 0 spiro atoms. The van der Waals surface area contributed by atoms with Crippen LogP contribution in [0.3, 0.4) is 0 Å². The molecule has 1 aromatic heterocycles. The van der Waals surface area contributed by atoms with Crippen LogP contribution in [0, 0.1) is 0 Å². The zero-order chi connectivity index (χ0) is 15.8. The van der Waals surface area contributed by atoms with E-state index in [2.05, 4.69) is 15.5 Å². The van der Waals surface area contributed by atoms with Crippen molar-refractivity contribution in [3.63, 3.8) is 0 Å². The molecule has 0 amide bonds. The second-order valence-electron chi connectivity index (χ2n) is 5.01. The first-order valence-corrected chi connectivity index (χ1v) is 8.80. The summed E-state index contributed by atoms with van der Waals surface area (Å²) in [5.74, 6) is 0.615. The first-order chi connectivity index (χ1) is 9.93. The van der Waals surface area contributed by atoms with Crippen LogP contribution >= 0.6 is 23.1 Å². The van der Waals surface area contributed by atoms with Gasteiger partial charge in [-0.3, -0.25) is 4.79 Å². The van der Waals surface area contributed by atoms with Gasteiger partial charge in [0.2, 0.25) is 5.13 Å². The van der Waals surface area contributed by atoms with Gasteiger partial charge >= 0.3 is 5.97 Å². The predicted molar refractivity (Wildman–Crippen MR) is 88.3 cm³/mol. The highest BCUT2D eigenvalue weighted by molar-refractivity contribution is 8.01. The van der Waals surface area contributed by atoms with Crippen LogP contribution < -0.4 is 10.2 Å². The van der Waals surface area contributed by atoms with E-state index in [1.165, 1.54) is 0 Å². The molecule has 0 saturated carbocycles. The van der Waals surface area contributed by atoms with Crippen LogP contribution in [0.15, 0.2) is 4.34 Å². The average molecular weight is 332 g/mol. The normalized spacial score (nSPS) is 12.5. The summed E-state index contributed by atoms with van der Waals surface area (Å²) in [6, 6.07) is -0.0232. The van der Waals surface area contributed by atoms with E-state index in [0.717, 1.165) is 15.2 Å². The lowest BCUT2D eigenvalue weighted by Gasteiger charge is -2.19. The lowest BCUT2D eigenvalue weighted by atomic mass is 10.2. The highest BCUT2D eigenvalue weighted by Crippen LogP contribution is 2.27. The smallest absolute Gasteiger partial charge is 0.323 e. The molecule has 0 aliphatic heterocycles. The number of nitrogens with zero attached hydrogens (tertiary/aromatic N) is 3. The highest BCUT2D eigenvalue weighted by Gasteiger charge is 2.20. The molecule has 1 rings (SSSR count). The third-order valence-corrected chi connectivity index (χ3v) is 4.77. The molecule has 1 unspecified atom stereocenters. The van der Waals surface area contributed by atoms with E-state index in [-0.39, 0.29) is 18.1 Å². The minimum atomic E-state index is -0.265. The Hall–Kier alpha value is -0.860. The zero-order valence-electron chi connectivity index (χ0n) is 13.3. The van der Waals surface area contributed by atoms with Crippen molar-refractivity contribution in [3.8, 4) is 0 Å². The van der Waals surface area contributed by atoms with Gasteiger partial charge in [-0.15, -0.1) is 10.2 Å². The largest absolute Gasteiger partial charge is 0.465 e. The first kappa shape index (κ1) is 18.2. The van der Waals surface area contributed by atoms with Gasteiger partial charge in [0.15, 0.2) is 4.34 Å². The molecule has 0 aromatic carbocycles. The Kier molecular flexibility index (Phi) is 7.98. The molecule has 1 atom stereocenters. The second-order valence-corrected chi connectivity index (χ2v) is 7.31. The number of rotatable bonds is 9. The van der Waals surface area contributed by atoms with Crippen molar-refractivity contribution < 1.29 is 9.53 Å². The summed E-state index contributed by atoms with van der Waals surface area (Å²) in [4.78, 5) is 13.8. The monoisotopic (exact) mass is 332 g/mol. The second kappa shape index (κ2) is 9.22. The molecule has 6 nitrogen and oxygen atoms in total. The third-order valence-electron chi connectivity index (χ3n) is 2.52. The highest BCUT2D eigenvalue weighted by atomic mass is 32.2. The minimum Gasteiger partial charge on any atom is -0.465 e. The summed E-state index contributed by atoms with van der Waals surface area (Å²) in [5, 5.41) is 12.4. The number of carbonyl (C=O) groups is 1. The van der Waals surface area contributed by atoms with Gasteiger partial charge in [-0.2, -0.15) is 0 Å². The average Bonchev–Trinajstić information content (AvgIpc) is 2.86. The van der Waals surface area contributed by atoms with E-state index in [4.69, 9.17) is 4.74 Å². The topological polar surface area (TPSA) is 67.3 Å². The Bertz CT molecular complexity index is 438. The summed E-state index contributed by atoms with van der Waals surface area (Å²) in [7, 11) is 3.89. The Morgan fingerprint density at radius 3 is 2.67 bits per heavy atom. The number of ether oxygens (including phenoxy) is 1. The Morgan fingerprint density at radius 1 is 1.43 bits per heavy atom. The molecule has 1 aromatic rings. The first-order valence-electron chi connectivity index (χ1n) is 7.00. The Morgan fingerprint density at radius 2 is 2.14 bits per heavy atom. The van der Waals surface area contributed by atoms with Crippen molar-refractivity contribution in [2.45, 2.75) is 43.6 Å². The van der Waals surface area contributed by atoms with Crippen LogP contribution in [-0.4, -0.2) is 54.7 Å². The van der Waals surface area contributed by atoms with Crippen molar-refractivity contribution in [2.24, 2.45) is 0 Å². The maximum absolute atomic E-state index is 11.9. The number of aromatic nitrogens is 2. The molecule has 120 valence electrons. The summed E-state index contributed by atoms with van der Waals surface area (Å²) < 4.78 is 6.02. The van der Waals surface area contributed by atoms with Crippen LogP contribution in [-0.2, 0) is 9.53 Å². The predicted octanol–water partition coefficient (Wildman–Crippen LogP) is 2.02. The number of carbonyl (C=O) groups excluding carboxylic acids is 1. The van der Waals surface area contributed by atoms with Gasteiger partial charge in [0.1, 0.15) is 6.04 Å². The maximum atomic E-state index is 11.9. The van der Waals surface area contributed by atoms with Crippen LogP contribution in [0.5, 0.6) is 0 Å². The molecule has 0 aliphatic rings. The molecule has 0 bridgehead atoms. The van der Waals surface area contributed by atoms with Gasteiger partial charge in [-0.05, 0) is 13.3 Å². The van der Waals surface area contributed by atoms with Crippen LogP contribution in [0.2, 0.25) is 0 Å². The van der Waals surface area contributed by atoms with Gasteiger partial charge in [0.05, 0.1) is 6.61 Å². The molecular weight excluding hydrogens is 308 g/mol. The van der Waals surface area contributed by atoms with Crippen LogP contribution in [0.4, 0.5) is 5.13 Å². The number of thioether (sulfide) groups is 1. The lowest BCUT2D eigenvalue weighted by Crippen LogP contribution is -2.42. The summed E-state index contributed by atoms with van der Waals surface area (Å²) in [6.45, 7) is 6.27. The molecule has 1 N–H and O–H groups in total. The fraction of sp³-hybridized carbons (Fsp3) is 0.769. The Balaban J connectivity index is 2.46. The fourth-order valence-electron chi connectivity index (χ4n) is 1.62. The summed E-state index contributed by atoms with van der Waals surface area (Å²) in [5.41, 5.74) is 0. The van der Waals surface area contributed by atoms with Crippen molar-refractivity contribution in [3.05, 3.63) is 0 Å². The Labute approximate surface area is 134 Å². The van der Waals surface area contributed by atoms with Gasteiger partial charge in [0.25, 0.3) is 0 Å². The SMILES string of the molecule is CCOC(=O)C(CCSc1nnc(N(C)C)s1)NC(C)C. The lowest BCUT2D eigenvalue weighted by molar-refractivity contribution is -0.145. The van der Waals surface area contributed by atoms with Gasteiger partial charge in [-0.25, -0.2) is 0 Å².